The number of aromatic nitrogens is 3. The summed E-state index contributed by atoms with van der Waals surface area (Å²) in [7, 11) is 0. The van der Waals surface area contributed by atoms with Crippen LogP contribution in [0, 0.1) is 11.7 Å². The van der Waals surface area contributed by atoms with Crippen LogP contribution in [0.5, 0.6) is 0 Å². The Balaban J connectivity index is 1.81. The molecule has 1 aromatic carbocycles. The molecule has 126 valence electrons. The van der Waals surface area contributed by atoms with Crippen molar-refractivity contribution >= 4 is 5.91 Å². The zero-order valence-corrected chi connectivity index (χ0v) is 13.4. The van der Waals surface area contributed by atoms with Crippen LogP contribution in [0.3, 0.4) is 0 Å². The Hall–Kier alpha value is -2.57. The molecule has 1 aromatic heterocycles. The molecule has 0 bridgehead atoms. The van der Waals surface area contributed by atoms with E-state index in [9.17, 15) is 14.0 Å². The Bertz CT molecular complexity index is 784. The van der Waals surface area contributed by atoms with Crippen molar-refractivity contribution in [2.24, 2.45) is 5.92 Å². The molecule has 0 aliphatic heterocycles. The minimum atomic E-state index is -0.461. The van der Waals surface area contributed by atoms with Gasteiger partial charge in [0.1, 0.15) is 5.82 Å². The Labute approximate surface area is 138 Å². The molecule has 1 unspecified atom stereocenters. The minimum absolute atomic E-state index is 0.0306. The third kappa shape index (κ3) is 3.34. The van der Waals surface area contributed by atoms with Crippen molar-refractivity contribution in [3.8, 4) is 11.4 Å². The van der Waals surface area contributed by atoms with E-state index in [0.717, 1.165) is 19.3 Å². The Morgan fingerprint density at radius 2 is 2.04 bits per heavy atom. The predicted molar refractivity (Wildman–Crippen MR) is 86.6 cm³/mol. The van der Waals surface area contributed by atoms with E-state index in [1.807, 2.05) is 6.92 Å². The number of H-pyrrole nitrogens is 1. The maximum Gasteiger partial charge on any atom is 0.275 e. The van der Waals surface area contributed by atoms with E-state index in [2.05, 4.69) is 20.5 Å². The first kappa shape index (κ1) is 16.3. The van der Waals surface area contributed by atoms with Gasteiger partial charge in [-0.25, -0.2) is 4.39 Å². The Morgan fingerprint density at radius 3 is 2.58 bits per heavy atom. The SMILES string of the molecule is CCC(NC(=O)C1CCC1)c1nnc(-c2ccc(F)cc2)[nH]c1=O. The fourth-order valence-electron chi connectivity index (χ4n) is 2.64. The van der Waals surface area contributed by atoms with Crippen molar-refractivity contribution in [3.63, 3.8) is 0 Å². The van der Waals surface area contributed by atoms with Crippen LogP contribution < -0.4 is 10.9 Å². The minimum Gasteiger partial charge on any atom is -0.347 e. The first-order valence-electron chi connectivity index (χ1n) is 8.11. The van der Waals surface area contributed by atoms with Gasteiger partial charge in [-0.1, -0.05) is 13.3 Å². The van der Waals surface area contributed by atoms with Gasteiger partial charge in [0.05, 0.1) is 6.04 Å². The summed E-state index contributed by atoms with van der Waals surface area (Å²) in [6, 6.07) is 5.15. The quantitative estimate of drug-likeness (QED) is 0.881. The summed E-state index contributed by atoms with van der Waals surface area (Å²) < 4.78 is 13.0. The largest absolute Gasteiger partial charge is 0.347 e. The molecule has 24 heavy (non-hydrogen) atoms. The van der Waals surface area contributed by atoms with Gasteiger partial charge in [-0.15, -0.1) is 10.2 Å². The highest BCUT2D eigenvalue weighted by atomic mass is 19.1. The molecule has 1 fully saturated rings. The van der Waals surface area contributed by atoms with Crippen LogP contribution in [0.25, 0.3) is 11.4 Å². The number of nitrogens with one attached hydrogen (secondary N) is 2. The molecule has 1 atom stereocenters. The van der Waals surface area contributed by atoms with Crippen LogP contribution in [0.4, 0.5) is 4.39 Å². The fraction of sp³-hybridized carbons (Fsp3) is 0.412. The van der Waals surface area contributed by atoms with E-state index in [-0.39, 0.29) is 29.2 Å². The highest BCUT2D eigenvalue weighted by Gasteiger charge is 2.28. The molecule has 2 aromatic rings. The van der Waals surface area contributed by atoms with Crippen LogP contribution in [-0.4, -0.2) is 21.1 Å². The number of halogens is 1. The van der Waals surface area contributed by atoms with E-state index < -0.39 is 11.6 Å². The van der Waals surface area contributed by atoms with Crippen molar-refractivity contribution in [1.82, 2.24) is 20.5 Å². The van der Waals surface area contributed by atoms with Crippen LogP contribution >= 0.6 is 0 Å². The van der Waals surface area contributed by atoms with E-state index in [4.69, 9.17) is 0 Å². The lowest BCUT2D eigenvalue weighted by Crippen LogP contribution is -2.39. The fourth-order valence-corrected chi connectivity index (χ4v) is 2.64. The lowest BCUT2D eigenvalue weighted by molar-refractivity contribution is -0.128. The number of rotatable bonds is 5. The molecule has 1 amide bonds. The number of benzene rings is 1. The molecule has 6 nitrogen and oxygen atoms in total. The standard InChI is InChI=1S/C17H19FN4O2/c1-2-13(19-16(23)11-4-3-5-11)14-17(24)20-15(22-21-14)10-6-8-12(18)9-7-10/h6-9,11,13H,2-5H2,1H3,(H,19,23)(H,20,22,24). The first-order valence-corrected chi connectivity index (χ1v) is 8.11. The molecule has 1 heterocycles. The number of nitrogens with zero attached hydrogens (tertiary/aromatic N) is 2. The molecule has 0 radical (unpaired) electrons. The van der Waals surface area contributed by atoms with Crippen molar-refractivity contribution < 1.29 is 9.18 Å². The number of hydrogen-bond donors (Lipinski definition) is 2. The highest BCUT2D eigenvalue weighted by molar-refractivity contribution is 5.79. The maximum atomic E-state index is 13.0. The van der Waals surface area contributed by atoms with Gasteiger partial charge in [0.15, 0.2) is 11.5 Å². The molecule has 1 aliphatic rings. The van der Waals surface area contributed by atoms with E-state index in [0.29, 0.717) is 12.0 Å². The molecular formula is C17H19FN4O2. The van der Waals surface area contributed by atoms with E-state index in [1.54, 1.807) is 0 Å². The predicted octanol–water partition coefficient (Wildman–Crippen LogP) is 2.34. The zero-order valence-electron chi connectivity index (χ0n) is 13.4. The van der Waals surface area contributed by atoms with Crippen LogP contribution in [0.2, 0.25) is 0 Å². The van der Waals surface area contributed by atoms with Crippen LogP contribution in [0.15, 0.2) is 29.1 Å². The Morgan fingerprint density at radius 1 is 1.33 bits per heavy atom. The Kier molecular flexibility index (Phi) is 4.69. The van der Waals surface area contributed by atoms with Crippen molar-refractivity contribution in [3.05, 3.63) is 46.1 Å². The number of amides is 1. The molecule has 0 saturated heterocycles. The van der Waals surface area contributed by atoms with Gasteiger partial charge in [0.2, 0.25) is 5.91 Å². The van der Waals surface area contributed by atoms with Crippen molar-refractivity contribution in [2.75, 3.05) is 0 Å². The molecule has 1 saturated carbocycles. The molecular weight excluding hydrogens is 311 g/mol. The average molecular weight is 330 g/mol. The molecule has 3 rings (SSSR count). The average Bonchev–Trinajstić information content (AvgIpc) is 2.52. The van der Waals surface area contributed by atoms with Gasteiger partial charge >= 0.3 is 0 Å². The monoisotopic (exact) mass is 330 g/mol. The summed E-state index contributed by atoms with van der Waals surface area (Å²) in [4.78, 5) is 27.1. The normalized spacial score (nSPS) is 15.6. The van der Waals surface area contributed by atoms with Gasteiger partial charge in [0.25, 0.3) is 5.56 Å². The third-order valence-electron chi connectivity index (χ3n) is 4.37. The first-order chi connectivity index (χ1) is 11.6. The second kappa shape index (κ2) is 6.90. The van der Waals surface area contributed by atoms with Gasteiger partial charge < -0.3 is 10.3 Å². The lowest BCUT2D eigenvalue weighted by Gasteiger charge is -2.26. The van der Waals surface area contributed by atoms with E-state index >= 15 is 0 Å². The van der Waals surface area contributed by atoms with Crippen molar-refractivity contribution in [1.29, 1.82) is 0 Å². The second-order valence-corrected chi connectivity index (χ2v) is 5.99. The highest BCUT2D eigenvalue weighted by Crippen LogP contribution is 2.27. The summed E-state index contributed by atoms with van der Waals surface area (Å²) in [5, 5.41) is 10.9. The summed E-state index contributed by atoms with van der Waals surface area (Å²) in [6.07, 6.45) is 3.41. The van der Waals surface area contributed by atoms with Gasteiger partial charge in [0, 0.05) is 11.5 Å². The lowest BCUT2D eigenvalue weighted by atomic mass is 9.84. The van der Waals surface area contributed by atoms with Gasteiger partial charge in [-0.05, 0) is 43.5 Å². The number of carbonyl (C=O) groups excluding carboxylic acids is 1. The third-order valence-corrected chi connectivity index (χ3v) is 4.37. The summed E-state index contributed by atoms with van der Waals surface area (Å²) >= 11 is 0. The van der Waals surface area contributed by atoms with Gasteiger partial charge in [-0.2, -0.15) is 0 Å². The van der Waals surface area contributed by atoms with Crippen LogP contribution in [0.1, 0.15) is 44.3 Å². The number of hydrogen-bond acceptors (Lipinski definition) is 4. The number of aromatic amines is 1. The number of carbonyl (C=O) groups is 1. The topological polar surface area (TPSA) is 87.7 Å². The summed E-state index contributed by atoms with van der Waals surface area (Å²) in [5.41, 5.74) is 0.361. The summed E-state index contributed by atoms with van der Waals surface area (Å²) in [5.74, 6) is -0.0826. The molecule has 1 aliphatic carbocycles. The molecule has 0 spiro atoms. The zero-order chi connectivity index (χ0) is 17.1. The van der Waals surface area contributed by atoms with Gasteiger partial charge in [-0.3, -0.25) is 9.59 Å². The van der Waals surface area contributed by atoms with Crippen LogP contribution in [-0.2, 0) is 4.79 Å². The van der Waals surface area contributed by atoms with Crippen molar-refractivity contribution in [2.45, 2.75) is 38.6 Å². The second-order valence-electron chi connectivity index (χ2n) is 5.99. The summed E-state index contributed by atoms with van der Waals surface area (Å²) in [6.45, 7) is 1.88. The molecule has 7 heteroatoms. The molecule has 2 N–H and O–H groups in total. The maximum absolute atomic E-state index is 13.0. The van der Waals surface area contributed by atoms with E-state index in [1.165, 1.54) is 24.3 Å². The smallest absolute Gasteiger partial charge is 0.275 e.